The van der Waals surface area contributed by atoms with Crippen molar-refractivity contribution < 1.29 is 18.0 Å². The van der Waals surface area contributed by atoms with Gasteiger partial charge in [-0.1, -0.05) is 54.6 Å². The van der Waals surface area contributed by atoms with Crippen molar-refractivity contribution in [2.75, 3.05) is 26.2 Å². The Balaban J connectivity index is 1.28. The molecule has 2 heterocycles. The highest BCUT2D eigenvalue weighted by Gasteiger charge is 2.42. The second kappa shape index (κ2) is 11.9. The van der Waals surface area contributed by atoms with Crippen molar-refractivity contribution in [2.24, 2.45) is 0 Å². The van der Waals surface area contributed by atoms with Crippen LogP contribution in [0.1, 0.15) is 38.2 Å². The molecule has 1 N–H and O–H groups in total. The molecule has 3 aliphatic rings. The van der Waals surface area contributed by atoms with Crippen LogP contribution in [0.4, 0.5) is 4.79 Å². The van der Waals surface area contributed by atoms with Gasteiger partial charge in [-0.05, 0) is 56.7 Å². The average Bonchev–Trinajstić information content (AvgIpc) is 3.77. The lowest BCUT2D eigenvalue weighted by Gasteiger charge is -2.35. The normalized spacial score (nSPS) is 23.4. The van der Waals surface area contributed by atoms with Crippen molar-refractivity contribution in [3.8, 4) is 0 Å². The van der Waals surface area contributed by atoms with Gasteiger partial charge in [-0.2, -0.15) is 0 Å². The third-order valence-corrected chi connectivity index (χ3v) is 9.49. The van der Waals surface area contributed by atoms with Crippen LogP contribution >= 0.6 is 0 Å². The summed E-state index contributed by atoms with van der Waals surface area (Å²) in [5.74, 6) is -0.160. The number of likely N-dealkylation sites (tertiary alicyclic amines) is 1. The second-order valence-electron chi connectivity index (χ2n) is 10.9. The first kappa shape index (κ1) is 27.4. The van der Waals surface area contributed by atoms with Gasteiger partial charge in [0.15, 0.2) is 9.84 Å². The fourth-order valence-corrected chi connectivity index (χ4v) is 6.79. The van der Waals surface area contributed by atoms with Crippen molar-refractivity contribution >= 4 is 21.8 Å². The molecular formula is C30H38N4O4S. The Kier molecular flexibility index (Phi) is 8.37. The second-order valence-corrected chi connectivity index (χ2v) is 12.7. The first-order chi connectivity index (χ1) is 18.8. The van der Waals surface area contributed by atoms with Crippen molar-refractivity contribution in [3.63, 3.8) is 0 Å². The van der Waals surface area contributed by atoms with Crippen molar-refractivity contribution in [2.45, 2.75) is 68.1 Å². The first-order valence-electron chi connectivity index (χ1n) is 14.0. The fraction of sp³-hybridized carbons (Fsp3) is 0.467. The summed E-state index contributed by atoms with van der Waals surface area (Å²) in [5, 5.41) is 4.21. The van der Waals surface area contributed by atoms with E-state index in [1.165, 1.54) is 18.2 Å². The fourth-order valence-electron chi connectivity index (χ4n) is 5.70. The number of sulfone groups is 1. The van der Waals surface area contributed by atoms with Crippen LogP contribution in [0.15, 0.2) is 77.0 Å². The Morgan fingerprint density at radius 1 is 1.00 bits per heavy atom. The third kappa shape index (κ3) is 6.70. The van der Waals surface area contributed by atoms with Gasteiger partial charge >= 0.3 is 6.03 Å². The molecule has 2 aromatic carbocycles. The molecule has 5 rings (SSSR count). The van der Waals surface area contributed by atoms with Crippen LogP contribution in [0, 0.1) is 0 Å². The Morgan fingerprint density at radius 3 is 2.28 bits per heavy atom. The largest absolute Gasteiger partial charge is 0.332 e. The smallest absolute Gasteiger partial charge is 0.318 e. The Labute approximate surface area is 231 Å². The van der Waals surface area contributed by atoms with Gasteiger partial charge in [-0.25, -0.2) is 13.2 Å². The number of amides is 3. The molecule has 0 bridgehead atoms. The molecule has 3 fully saturated rings. The number of nitrogens with zero attached hydrogens (tertiary/aromatic N) is 3. The molecule has 39 heavy (non-hydrogen) atoms. The predicted molar refractivity (Wildman–Crippen MR) is 151 cm³/mol. The van der Waals surface area contributed by atoms with E-state index in [2.05, 4.69) is 10.2 Å². The number of aryl methyl sites for hydroxylation is 1. The molecule has 8 nitrogen and oxygen atoms in total. The summed E-state index contributed by atoms with van der Waals surface area (Å²) < 4.78 is 26.0. The van der Waals surface area contributed by atoms with E-state index in [4.69, 9.17) is 0 Å². The van der Waals surface area contributed by atoms with Gasteiger partial charge in [-0.15, -0.1) is 0 Å². The number of benzene rings is 2. The summed E-state index contributed by atoms with van der Waals surface area (Å²) in [7, 11) is -3.66. The number of hydrogen-bond acceptors (Lipinski definition) is 5. The van der Waals surface area contributed by atoms with Crippen molar-refractivity contribution in [1.29, 1.82) is 0 Å². The molecule has 3 amide bonds. The highest BCUT2D eigenvalue weighted by atomic mass is 32.2. The van der Waals surface area contributed by atoms with Gasteiger partial charge < -0.3 is 15.1 Å². The number of carbonyl (C=O) groups excluding carboxylic acids is 2. The molecule has 3 atom stereocenters. The molecule has 2 aliphatic heterocycles. The Morgan fingerprint density at radius 2 is 1.64 bits per heavy atom. The van der Waals surface area contributed by atoms with Gasteiger partial charge in [-0.3, -0.25) is 9.69 Å². The summed E-state index contributed by atoms with van der Waals surface area (Å²) in [4.78, 5) is 32.9. The van der Waals surface area contributed by atoms with E-state index in [1.54, 1.807) is 46.2 Å². The molecule has 0 radical (unpaired) electrons. The van der Waals surface area contributed by atoms with Crippen LogP contribution in [0.25, 0.3) is 0 Å². The zero-order valence-corrected chi connectivity index (χ0v) is 23.3. The molecule has 0 aromatic heterocycles. The van der Waals surface area contributed by atoms with Gasteiger partial charge in [0, 0.05) is 43.7 Å². The maximum Gasteiger partial charge on any atom is 0.318 e. The van der Waals surface area contributed by atoms with Gasteiger partial charge in [0.25, 0.3) is 0 Å². The van der Waals surface area contributed by atoms with Gasteiger partial charge in [0.2, 0.25) is 5.91 Å². The minimum atomic E-state index is -3.66. The van der Waals surface area contributed by atoms with Crippen molar-refractivity contribution in [1.82, 2.24) is 20.0 Å². The van der Waals surface area contributed by atoms with E-state index in [0.29, 0.717) is 38.4 Å². The number of hydrogen-bond donors (Lipinski definition) is 1. The van der Waals surface area contributed by atoms with E-state index >= 15 is 0 Å². The van der Waals surface area contributed by atoms with Crippen molar-refractivity contribution in [3.05, 3.63) is 77.7 Å². The van der Waals surface area contributed by atoms with E-state index < -0.39 is 21.9 Å². The molecule has 1 unspecified atom stereocenters. The van der Waals surface area contributed by atoms with Crippen LogP contribution < -0.4 is 5.32 Å². The van der Waals surface area contributed by atoms with E-state index in [0.717, 1.165) is 18.7 Å². The molecule has 2 saturated heterocycles. The summed E-state index contributed by atoms with van der Waals surface area (Å²) in [5.41, 5.74) is 1.12. The number of carbonyl (C=O) groups is 2. The van der Waals surface area contributed by atoms with Gasteiger partial charge in [0.05, 0.1) is 10.9 Å². The molecule has 0 spiro atoms. The molecule has 208 valence electrons. The van der Waals surface area contributed by atoms with Crippen LogP contribution in [-0.2, 0) is 21.1 Å². The lowest BCUT2D eigenvalue weighted by Crippen LogP contribution is -2.55. The molecular weight excluding hydrogens is 512 g/mol. The highest BCUT2D eigenvalue weighted by Crippen LogP contribution is 2.28. The predicted octanol–water partition coefficient (Wildman–Crippen LogP) is 3.45. The standard InChI is InChI=1S/C30H38N4O4S/c1-23-22-28(31-30(36)33-19-17-32(18-20-33)25-14-15-25)29(35)34(23)26(13-12-24-8-4-2-5-9-24)16-21-39(37,38)27-10-6-3-7-11-27/h2-11,16,21,23,25-26,28H,12-15,17-20,22H2,1H3,(H,31,36)/b21-16+/t23?,26-,28-/m0/s1. The van der Waals surface area contributed by atoms with Crippen LogP contribution in [0.3, 0.4) is 0 Å². The number of piperazine rings is 1. The lowest BCUT2D eigenvalue weighted by molar-refractivity contribution is -0.131. The number of rotatable bonds is 9. The summed E-state index contributed by atoms with van der Waals surface area (Å²) >= 11 is 0. The monoisotopic (exact) mass is 550 g/mol. The van der Waals surface area contributed by atoms with Crippen LogP contribution in [-0.4, -0.2) is 85.4 Å². The maximum atomic E-state index is 13.6. The average molecular weight is 551 g/mol. The maximum absolute atomic E-state index is 13.6. The topological polar surface area (TPSA) is 90.0 Å². The first-order valence-corrected chi connectivity index (χ1v) is 15.5. The summed E-state index contributed by atoms with van der Waals surface area (Å²) in [6, 6.07) is 17.6. The molecule has 9 heteroatoms. The number of nitrogens with one attached hydrogen (secondary N) is 1. The Hall–Kier alpha value is -3.17. The number of urea groups is 1. The Bertz CT molecular complexity index is 1270. The van der Waals surface area contributed by atoms with E-state index in [9.17, 15) is 18.0 Å². The quantitative estimate of drug-likeness (QED) is 0.517. The zero-order chi connectivity index (χ0) is 27.4. The molecule has 1 aliphatic carbocycles. The van der Waals surface area contributed by atoms with Crippen LogP contribution in [0.2, 0.25) is 0 Å². The summed E-state index contributed by atoms with van der Waals surface area (Å²) in [6.45, 7) is 5.06. The molecule has 2 aromatic rings. The van der Waals surface area contributed by atoms with Gasteiger partial charge in [0.1, 0.15) is 6.04 Å². The summed E-state index contributed by atoms with van der Waals surface area (Å²) in [6.07, 6.45) is 5.91. The highest BCUT2D eigenvalue weighted by molar-refractivity contribution is 7.94. The SMILES string of the molecule is CC1C[C@H](NC(=O)N2CCN(C3CC3)CC2)C(=O)N1[C@H](/C=C/S(=O)(=O)c1ccccc1)CCc1ccccc1. The minimum Gasteiger partial charge on any atom is -0.332 e. The van der Waals surface area contributed by atoms with Crippen LogP contribution in [0.5, 0.6) is 0 Å². The third-order valence-electron chi connectivity index (χ3n) is 8.05. The molecule has 1 saturated carbocycles. The van der Waals surface area contributed by atoms with E-state index in [1.807, 2.05) is 37.3 Å². The van der Waals surface area contributed by atoms with E-state index in [-0.39, 0.29) is 22.9 Å². The lowest BCUT2D eigenvalue weighted by atomic mass is 10.0. The zero-order valence-electron chi connectivity index (χ0n) is 22.5. The minimum absolute atomic E-state index is 0.139.